The van der Waals surface area contributed by atoms with Crippen LogP contribution in [0.25, 0.3) is 21.8 Å². The van der Waals surface area contributed by atoms with Gasteiger partial charge in [-0.25, -0.2) is 9.59 Å². The molecule has 3 aromatic carbocycles. The van der Waals surface area contributed by atoms with E-state index in [4.69, 9.17) is 9.47 Å². The predicted octanol–water partition coefficient (Wildman–Crippen LogP) is 5.91. The standard InChI is InChI=1S/C34H38N4O4/c1-21-17-25(33(39)41-28-11-7-9-26-31(28)23(19-35-26)13-15-37(3)4)18-22(2)30(21)34(40)42-29-12-8-10-27-32(29)24(20-36-27)14-16-38(5)6/h7-12,17-20,35-36H,13-16H2,1-6H3. The van der Waals surface area contributed by atoms with Gasteiger partial charge in [-0.2, -0.15) is 0 Å². The summed E-state index contributed by atoms with van der Waals surface area (Å²) >= 11 is 0. The number of nitrogens with one attached hydrogen (secondary N) is 2. The number of carbonyl (C=O) groups excluding carboxylic acids is 2. The van der Waals surface area contributed by atoms with Gasteiger partial charge in [-0.1, -0.05) is 12.1 Å². The van der Waals surface area contributed by atoms with E-state index in [1.807, 2.05) is 90.8 Å². The Morgan fingerprint density at radius 2 is 1.14 bits per heavy atom. The Balaban J connectivity index is 1.38. The number of ether oxygens (including phenoxy) is 2. The van der Waals surface area contributed by atoms with Gasteiger partial charge in [-0.3, -0.25) is 0 Å². The van der Waals surface area contributed by atoms with Crippen LogP contribution in [0, 0.1) is 13.8 Å². The van der Waals surface area contributed by atoms with Gasteiger partial charge in [0.15, 0.2) is 0 Å². The number of carbonyl (C=O) groups is 2. The second-order valence-electron chi connectivity index (χ2n) is 11.4. The summed E-state index contributed by atoms with van der Waals surface area (Å²) in [6.07, 6.45) is 5.59. The minimum Gasteiger partial charge on any atom is -0.422 e. The number of hydrogen-bond acceptors (Lipinski definition) is 6. The lowest BCUT2D eigenvalue weighted by molar-refractivity contribution is 0.0721. The van der Waals surface area contributed by atoms with Crippen LogP contribution in [0.1, 0.15) is 43.0 Å². The Kier molecular flexibility index (Phi) is 8.47. The highest BCUT2D eigenvalue weighted by Gasteiger charge is 2.21. The van der Waals surface area contributed by atoms with Crippen LogP contribution >= 0.6 is 0 Å². The van der Waals surface area contributed by atoms with Crippen molar-refractivity contribution in [2.24, 2.45) is 0 Å². The van der Waals surface area contributed by atoms with E-state index < -0.39 is 11.9 Å². The second kappa shape index (κ2) is 12.2. The molecule has 5 rings (SSSR count). The lowest BCUT2D eigenvalue weighted by atomic mass is 9.99. The molecule has 0 aliphatic carbocycles. The van der Waals surface area contributed by atoms with Gasteiger partial charge < -0.3 is 29.2 Å². The van der Waals surface area contributed by atoms with E-state index in [1.54, 1.807) is 12.1 Å². The third-order valence-corrected chi connectivity index (χ3v) is 7.53. The highest BCUT2D eigenvalue weighted by molar-refractivity contribution is 6.00. The molecule has 2 N–H and O–H groups in total. The summed E-state index contributed by atoms with van der Waals surface area (Å²) in [5.41, 5.74) is 6.13. The molecule has 8 nitrogen and oxygen atoms in total. The molecule has 0 aliphatic heterocycles. The number of aryl methyl sites for hydroxylation is 2. The quantitative estimate of drug-likeness (QED) is 0.161. The van der Waals surface area contributed by atoms with E-state index in [-0.39, 0.29) is 0 Å². The lowest BCUT2D eigenvalue weighted by Gasteiger charge is -2.14. The maximum atomic E-state index is 13.5. The maximum Gasteiger partial charge on any atom is 0.344 e. The predicted molar refractivity (Wildman–Crippen MR) is 167 cm³/mol. The molecule has 0 spiro atoms. The summed E-state index contributed by atoms with van der Waals surface area (Å²) in [5.74, 6) is 0.0891. The second-order valence-corrected chi connectivity index (χ2v) is 11.4. The molecule has 42 heavy (non-hydrogen) atoms. The minimum absolute atomic E-state index is 0.377. The zero-order valence-corrected chi connectivity index (χ0v) is 25.1. The molecule has 8 heteroatoms. The molecule has 0 saturated carbocycles. The molecule has 0 amide bonds. The van der Waals surface area contributed by atoms with Crippen LogP contribution in [0.4, 0.5) is 0 Å². The van der Waals surface area contributed by atoms with Gasteiger partial charge in [0, 0.05) is 47.3 Å². The minimum atomic E-state index is -0.476. The number of aromatic nitrogens is 2. The molecule has 2 aromatic heterocycles. The zero-order valence-electron chi connectivity index (χ0n) is 25.1. The molecular weight excluding hydrogens is 528 g/mol. The maximum absolute atomic E-state index is 13.5. The number of rotatable bonds is 10. The third kappa shape index (κ3) is 6.10. The third-order valence-electron chi connectivity index (χ3n) is 7.53. The fraction of sp³-hybridized carbons (Fsp3) is 0.294. The van der Waals surface area contributed by atoms with Gasteiger partial charge in [-0.15, -0.1) is 0 Å². The van der Waals surface area contributed by atoms with Gasteiger partial charge in [0.2, 0.25) is 0 Å². The highest BCUT2D eigenvalue weighted by atomic mass is 16.5. The number of fused-ring (bicyclic) bond motifs is 2. The van der Waals surface area contributed by atoms with E-state index in [2.05, 4.69) is 19.8 Å². The highest BCUT2D eigenvalue weighted by Crippen LogP contribution is 2.32. The van der Waals surface area contributed by atoms with Crippen molar-refractivity contribution in [1.29, 1.82) is 0 Å². The van der Waals surface area contributed by atoms with Crippen molar-refractivity contribution < 1.29 is 19.1 Å². The summed E-state index contributed by atoms with van der Waals surface area (Å²) in [6.45, 7) is 5.38. The van der Waals surface area contributed by atoms with E-state index in [1.165, 1.54) is 0 Å². The molecule has 2 heterocycles. The summed E-state index contributed by atoms with van der Waals surface area (Å²) in [6, 6.07) is 14.7. The van der Waals surface area contributed by atoms with Crippen molar-refractivity contribution in [2.45, 2.75) is 26.7 Å². The largest absolute Gasteiger partial charge is 0.422 e. The zero-order chi connectivity index (χ0) is 30.0. The van der Waals surface area contributed by atoms with Crippen LogP contribution in [0.15, 0.2) is 60.9 Å². The molecule has 5 aromatic rings. The lowest BCUT2D eigenvalue weighted by Crippen LogP contribution is -2.16. The van der Waals surface area contributed by atoms with Gasteiger partial charge in [0.25, 0.3) is 0 Å². The molecule has 0 saturated heterocycles. The summed E-state index contributed by atoms with van der Waals surface area (Å²) in [5, 5.41) is 1.82. The van der Waals surface area contributed by atoms with Crippen LogP contribution < -0.4 is 9.47 Å². The van der Waals surface area contributed by atoms with Crippen LogP contribution in [-0.2, 0) is 12.8 Å². The number of esters is 2. The number of hydrogen-bond donors (Lipinski definition) is 2. The van der Waals surface area contributed by atoms with Crippen molar-refractivity contribution in [3.63, 3.8) is 0 Å². The van der Waals surface area contributed by atoms with Crippen LogP contribution in [0.3, 0.4) is 0 Å². The van der Waals surface area contributed by atoms with Crippen molar-refractivity contribution in [3.8, 4) is 11.5 Å². The van der Waals surface area contributed by atoms with Crippen LogP contribution in [0.2, 0.25) is 0 Å². The molecule has 0 fully saturated rings. The molecule has 0 aliphatic rings. The fourth-order valence-electron chi connectivity index (χ4n) is 5.40. The Morgan fingerprint density at radius 3 is 1.60 bits per heavy atom. The van der Waals surface area contributed by atoms with E-state index >= 15 is 0 Å². The summed E-state index contributed by atoms with van der Waals surface area (Å²) < 4.78 is 11.9. The molecular formula is C34H38N4O4. The number of benzene rings is 3. The topological polar surface area (TPSA) is 90.7 Å². The molecule has 0 radical (unpaired) electrons. The van der Waals surface area contributed by atoms with Gasteiger partial charge in [0.1, 0.15) is 11.5 Å². The first-order valence-electron chi connectivity index (χ1n) is 14.2. The van der Waals surface area contributed by atoms with E-state index in [0.29, 0.717) is 33.8 Å². The Bertz CT molecular complexity index is 1740. The van der Waals surface area contributed by atoms with Gasteiger partial charge in [0.05, 0.1) is 11.1 Å². The number of aromatic amines is 2. The first-order valence-corrected chi connectivity index (χ1v) is 14.2. The molecule has 0 bridgehead atoms. The molecule has 0 atom stereocenters. The van der Waals surface area contributed by atoms with Crippen molar-refractivity contribution in [3.05, 3.63) is 94.3 Å². The Morgan fingerprint density at radius 1 is 0.690 bits per heavy atom. The van der Waals surface area contributed by atoms with E-state index in [9.17, 15) is 9.59 Å². The first-order chi connectivity index (χ1) is 20.1. The fourth-order valence-corrected chi connectivity index (χ4v) is 5.40. The average molecular weight is 567 g/mol. The van der Waals surface area contributed by atoms with E-state index in [0.717, 1.165) is 58.9 Å². The molecule has 218 valence electrons. The Labute approximate surface area is 246 Å². The van der Waals surface area contributed by atoms with Gasteiger partial charge in [-0.05, 0) is 114 Å². The smallest absolute Gasteiger partial charge is 0.344 e. The average Bonchev–Trinajstić information content (AvgIpc) is 3.55. The molecule has 0 unspecified atom stereocenters. The number of H-pyrrole nitrogens is 2. The Hall–Kier alpha value is -4.40. The van der Waals surface area contributed by atoms with Crippen molar-refractivity contribution in [1.82, 2.24) is 19.8 Å². The number of likely N-dealkylation sites (N-methyl/N-ethyl adjacent to an activating group) is 2. The van der Waals surface area contributed by atoms with Crippen LogP contribution in [0.5, 0.6) is 11.5 Å². The SMILES string of the molecule is Cc1cc(C(=O)Oc2cccc3[nH]cc(CCN(C)C)c23)cc(C)c1C(=O)Oc1cccc2[nH]cc(CCN(C)C)c12. The number of nitrogens with zero attached hydrogens (tertiary/aromatic N) is 2. The normalized spacial score (nSPS) is 11.6. The van der Waals surface area contributed by atoms with Crippen LogP contribution in [-0.4, -0.2) is 73.0 Å². The first kappa shape index (κ1) is 29.1. The summed E-state index contributed by atoms with van der Waals surface area (Å²) in [4.78, 5) is 37.6. The summed E-state index contributed by atoms with van der Waals surface area (Å²) in [7, 11) is 8.13. The monoisotopic (exact) mass is 566 g/mol. The van der Waals surface area contributed by atoms with Crippen molar-refractivity contribution in [2.75, 3.05) is 41.3 Å². The van der Waals surface area contributed by atoms with Gasteiger partial charge >= 0.3 is 11.9 Å². The van der Waals surface area contributed by atoms with Crippen molar-refractivity contribution >= 4 is 33.7 Å².